The second-order valence-electron chi connectivity index (χ2n) is 4.06. The fourth-order valence-electron chi connectivity index (χ4n) is 1.80. The lowest BCUT2D eigenvalue weighted by Crippen LogP contribution is -2.13. The van der Waals surface area contributed by atoms with Crippen LogP contribution in [-0.4, -0.2) is 6.54 Å². The second-order valence-corrected chi connectivity index (χ2v) is 4.06. The van der Waals surface area contributed by atoms with Gasteiger partial charge in [-0.05, 0) is 31.2 Å². The third-order valence-corrected chi connectivity index (χ3v) is 2.68. The van der Waals surface area contributed by atoms with Crippen molar-refractivity contribution >= 4 is 0 Å². The fraction of sp³-hybridized carbons (Fsp3) is 0.286. The molecule has 0 radical (unpaired) electrons. The Morgan fingerprint density at radius 1 is 1.17 bits per heavy atom. The predicted octanol–water partition coefficient (Wildman–Crippen LogP) is 3.72. The Hall–Kier alpha value is -1.68. The van der Waals surface area contributed by atoms with Gasteiger partial charge in [0.1, 0.15) is 17.4 Å². The largest absolute Gasteiger partial charge is 0.467 e. The molecule has 96 valence electrons. The van der Waals surface area contributed by atoms with Gasteiger partial charge < -0.3 is 9.73 Å². The Bertz CT molecular complexity index is 522. The van der Waals surface area contributed by atoms with E-state index in [4.69, 9.17) is 4.42 Å². The van der Waals surface area contributed by atoms with Crippen molar-refractivity contribution in [2.24, 2.45) is 0 Å². The zero-order chi connectivity index (χ0) is 13.0. The third kappa shape index (κ3) is 2.76. The molecular formula is C14H15F2NO. The first kappa shape index (κ1) is 12.8. The van der Waals surface area contributed by atoms with E-state index in [2.05, 4.69) is 12.2 Å². The summed E-state index contributed by atoms with van der Waals surface area (Å²) in [6.45, 7) is 3.47. The van der Waals surface area contributed by atoms with E-state index in [1.165, 1.54) is 18.4 Å². The van der Waals surface area contributed by atoms with Crippen molar-refractivity contribution < 1.29 is 13.2 Å². The molecule has 0 amide bonds. The molecule has 0 aliphatic carbocycles. The molecule has 0 fully saturated rings. The molecule has 0 saturated heterocycles. The minimum absolute atomic E-state index is 0.360. The van der Waals surface area contributed by atoms with Crippen molar-refractivity contribution in [2.45, 2.75) is 19.9 Å². The molecule has 4 heteroatoms. The van der Waals surface area contributed by atoms with Crippen LogP contribution in [0.3, 0.4) is 0 Å². The molecule has 18 heavy (non-hydrogen) atoms. The van der Waals surface area contributed by atoms with Crippen LogP contribution >= 0.6 is 0 Å². The van der Waals surface area contributed by atoms with Gasteiger partial charge in [0.15, 0.2) is 0 Å². The Morgan fingerprint density at radius 3 is 2.72 bits per heavy atom. The van der Waals surface area contributed by atoms with E-state index in [1.807, 2.05) is 0 Å². The minimum atomic E-state index is -0.578. The van der Waals surface area contributed by atoms with E-state index in [1.54, 1.807) is 6.07 Å². The number of hydrogen-bond donors (Lipinski definition) is 1. The second kappa shape index (κ2) is 5.78. The topological polar surface area (TPSA) is 25.2 Å². The van der Waals surface area contributed by atoms with Crippen LogP contribution in [0.5, 0.6) is 0 Å². The Kier molecular flexibility index (Phi) is 4.10. The molecule has 0 saturated carbocycles. The summed E-state index contributed by atoms with van der Waals surface area (Å²) in [7, 11) is 0. The van der Waals surface area contributed by atoms with Gasteiger partial charge in [-0.15, -0.1) is 0 Å². The van der Waals surface area contributed by atoms with Crippen LogP contribution in [0.1, 0.15) is 19.1 Å². The zero-order valence-electron chi connectivity index (χ0n) is 10.2. The molecule has 1 aromatic carbocycles. The number of rotatable bonds is 5. The van der Waals surface area contributed by atoms with Gasteiger partial charge in [-0.2, -0.15) is 0 Å². The highest BCUT2D eigenvalue weighted by molar-refractivity contribution is 5.66. The van der Waals surface area contributed by atoms with Crippen LogP contribution in [0.2, 0.25) is 0 Å². The van der Waals surface area contributed by atoms with Gasteiger partial charge in [0.25, 0.3) is 0 Å². The molecule has 0 spiro atoms. The normalized spacial score (nSPS) is 10.8. The molecular weight excluding hydrogens is 236 g/mol. The van der Waals surface area contributed by atoms with Crippen LogP contribution in [-0.2, 0) is 6.54 Å². The summed E-state index contributed by atoms with van der Waals surface area (Å²) in [5.74, 6) is -0.493. The van der Waals surface area contributed by atoms with Gasteiger partial charge >= 0.3 is 0 Å². The summed E-state index contributed by atoms with van der Waals surface area (Å²) >= 11 is 0. The lowest BCUT2D eigenvalue weighted by molar-refractivity contribution is 0.484. The smallest absolute Gasteiger partial charge is 0.134 e. The summed E-state index contributed by atoms with van der Waals surface area (Å²) in [6.07, 6.45) is 2.53. The average Bonchev–Trinajstić information content (AvgIpc) is 2.78. The van der Waals surface area contributed by atoms with Crippen molar-refractivity contribution in [3.63, 3.8) is 0 Å². The molecule has 1 aromatic heterocycles. The lowest BCUT2D eigenvalue weighted by Gasteiger charge is -2.05. The van der Waals surface area contributed by atoms with E-state index in [0.717, 1.165) is 19.0 Å². The third-order valence-electron chi connectivity index (χ3n) is 2.68. The number of nitrogens with one attached hydrogen (secondary N) is 1. The Balaban J connectivity index is 2.25. The van der Waals surface area contributed by atoms with Gasteiger partial charge in [-0.1, -0.05) is 6.92 Å². The summed E-state index contributed by atoms with van der Waals surface area (Å²) in [4.78, 5) is 0. The molecule has 2 rings (SSSR count). The van der Waals surface area contributed by atoms with Gasteiger partial charge in [0.05, 0.1) is 12.8 Å². The molecule has 0 aliphatic rings. The molecule has 0 atom stereocenters. The Morgan fingerprint density at radius 2 is 2.00 bits per heavy atom. The van der Waals surface area contributed by atoms with Crippen LogP contribution in [0, 0.1) is 11.6 Å². The van der Waals surface area contributed by atoms with Gasteiger partial charge in [-0.3, -0.25) is 0 Å². The molecule has 2 aromatic rings. The first-order valence-electron chi connectivity index (χ1n) is 5.95. The van der Waals surface area contributed by atoms with Crippen molar-refractivity contribution in [3.8, 4) is 11.1 Å². The SMILES string of the molecule is CCCNCc1occc1-c1ccc(F)cc1F. The molecule has 0 aliphatic heterocycles. The zero-order valence-corrected chi connectivity index (χ0v) is 10.2. The van der Waals surface area contributed by atoms with Gasteiger partial charge in [0.2, 0.25) is 0 Å². The van der Waals surface area contributed by atoms with Gasteiger partial charge in [-0.25, -0.2) is 8.78 Å². The van der Waals surface area contributed by atoms with Crippen LogP contribution < -0.4 is 5.32 Å². The van der Waals surface area contributed by atoms with E-state index in [0.29, 0.717) is 23.4 Å². The highest BCUT2D eigenvalue weighted by atomic mass is 19.1. The number of furan rings is 1. The molecule has 0 unspecified atom stereocenters. The van der Waals surface area contributed by atoms with Gasteiger partial charge in [0, 0.05) is 17.2 Å². The van der Waals surface area contributed by atoms with Crippen molar-refractivity contribution in [1.82, 2.24) is 5.32 Å². The predicted molar refractivity (Wildman–Crippen MR) is 66.1 cm³/mol. The van der Waals surface area contributed by atoms with Crippen LogP contribution in [0.15, 0.2) is 34.9 Å². The van der Waals surface area contributed by atoms with Crippen molar-refractivity contribution in [3.05, 3.63) is 47.9 Å². The van der Waals surface area contributed by atoms with E-state index in [9.17, 15) is 8.78 Å². The maximum absolute atomic E-state index is 13.7. The Labute approximate surface area is 105 Å². The highest BCUT2D eigenvalue weighted by Crippen LogP contribution is 2.27. The quantitative estimate of drug-likeness (QED) is 0.819. The maximum atomic E-state index is 13.7. The summed E-state index contributed by atoms with van der Waals surface area (Å²) in [6, 6.07) is 5.25. The minimum Gasteiger partial charge on any atom is -0.467 e. The molecule has 2 nitrogen and oxygen atoms in total. The maximum Gasteiger partial charge on any atom is 0.134 e. The summed E-state index contributed by atoms with van der Waals surface area (Å²) in [5.41, 5.74) is 1.02. The number of benzene rings is 1. The van der Waals surface area contributed by atoms with Crippen LogP contribution in [0.25, 0.3) is 11.1 Å². The molecule has 1 N–H and O–H groups in total. The van der Waals surface area contributed by atoms with E-state index < -0.39 is 11.6 Å². The summed E-state index contributed by atoms with van der Waals surface area (Å²) in [5, 5.41) is 3.19. The number of halogens is 2. The first-order chi connectivity index (χ1) is 8.72. The van der Waals surface area contributed by atoms with Crippen LogP contribution in [0.4, 0.5) is 8.78 Å². The molecule has 0 bridgehead atoms. The lowest BCUT2D eigenvalue weighted by atomic mass is 10.1. The van der Waals surface area contributed by atoms with Crippen molar-refractivity contribution in [1.29, 1.82) is 0 Å². The van der Waals surface area contributed by atoms with E-state index in [-0.39, 0.29) is 0 Å². The highest BCUT2D eigenvalue weighted by Gasteiger charge is 2.13. The fourth-order valence-corrected chi connectivity index (χ4v) is 1.80. The average molecular weight is 251 g/mol. The van der Waals surface area contributed by atoms with E-state index >= 15 is 0 Å². The number of hydrogen-bond acceptors (Lipinski definition) is 2. The standard InChI is InChI=1S/C14H15F2NO/c1-2-6-17-9-14-12(5-7-18-14)11-4-3-10(15)8-13(11)16/h3-5,7-8,17H,2,6,9H2,1H3. The molecule has 1 heterocycles. The monoisotopic (exact) mass is 251 g/mol. The first-order valence-corrected chi connectivity index (χ1v) is 5.95. The summed E-state index contributed by atoms with van der Waals surface area (Å²) < 4.78 is 31.9. The van der Waals surface area contributed by atoms with Crippen molar-refractivity contribution in [2.75, 3.05) is 6.54 Å².